The van der Waals surface area contributed by atoms with Gasteiger partial charge in [-0.3, -0.25) is 4.79 Å². The van der Waals surface area contributed by atoms with E-state index in [2.05, 4.69) is 0 Å². The van der Waals surface area contributed by atoms with Crippen LogP contribution in [0.25, 0.3) is 0 Å². The summed E-state index contributed by atoms with van der Waals surface area (Å²) in [5.41, 5.74) is 1.16. The molecule has 0 saturated heterocycles. The van der Waals surface area contributed by atoms with Gasteiger partial charge in [0.25, 0.3) is 0 Å². The molecule has 0 aromatic carbocycles. The van der Waals surface area contributed by atoms with Gasteiger partial charge in [0, 0.05) is 18.8 Å². The largest absolute Gasteiger partial charge is 0.466 e. The summed E-state index contributed by atoms with van der Waals surface area (Å²) >= 11 is 0. The van der Waals surface area contributed by atoms with Crippen LogP contribution >= 0.6 is 0 Å². The maximum Gasteiger partial charge on any atom is 0.133 e. The van der Waals surface area contributed by atoms with E-state index in [1.54, 1.807) is 0 Å². The van der Waals surface area contributed by atoms with Crippen molar-refractivity contribution in [2.24, 2.45) is 0 Å². The van der Waals surface area contributed by atoms with E-state index in [9.17, 15) is 4.79 Å². The normalized spacial score (nSPS) is 12.9. The summed E-state index contributed by atoms with van der Waals surface area (Å²) in [5, 5.41) is 0. The minimum absolute atomic E-state index is 0.204. The number of hydrogen-bond donors (Lipinski definition) is 0. The minimum atomic E-state index is 0.204. The molecule has 1 aromatic heterocycles. The Morgan fingerprint density at radius 2 is 2.14 bits per heavy atom. The lowest BCUT2D eigenvalue weighted by atomic mass is 10.0. The third kappa shape index (κ3) is 2.47. The van der Waals surface area contributed by atoms with Gasteiger partial charge in [0.15, 0.2) is 0 Å². The van der Waals surface area contributed by atoms with Gasteiger partial charge in [-0.2, -0.15) is 0 Å². The molecule has 2 nitrogen and oxygen atoms in total. The molecule has 1 aromatic rings. The summed E-state index contributed by atoms with van der Waals surface area (Å²) in [7, 11) is 0. The number of Topliss-reactive ketones (excluding diaryl/α,β-unsaturated/α-hetero) is 1. The van der Waals surface area contributed by atoms with Gasteiger partial charge in [-0.15, -0.1) is 0 Å². The quantitative estimate of drug-likeness (QED) is 0.735. The second kappa shape index (κ2) is 4.45. The van der Waals surface area contributed by atoms with E-state index in [1.807, 2.05) is 33.8 Å². The molecule has 0 N–H and O–H groups in total. The molecule has 0 radical (unpaired) electrons. The van der Waals surface area contributed by atoms with Gasteiger partial charge in [0.2, 0.25) is 0 Å². The third-order valence-corrected chi connectivity index (χ3v) is 2.60. The van der Waals surface area contributed by atoms with E-state index >= 15 is 0 Å². The van der Waals surface area contributed by atoms with Crippen molar-refractivity contribution in [3.05, 3.63) is 23.2 Å². The van der Waals surface area contributed by atoms with Crippen LogP contribution < -0.4 is 0 Å². The minimum Gasteiger partial charge on any atom is -0.466 e. The predicted octanol–water partition coefficient (Wildman–Crippen LogP) is 3.37. The molecule has 0 aliphatic carbocycles. The number of carbonyl (C=O) groups excluding carboxylic acids is 1. The molecule has 1 rings (SSSR count). The first-order valence-electron chi connectivity index (χ1n) is 5.13. The Morgan fingerprint density at radius 3 is 2.57 bits per heavy atom. The Balaban J connectivity index is 2.69. The Hall–Kier alpha value is -1.05. The average Bonchev–Trinajstić information content (AvgIpc) is 2.47. The number of ketones is 1. The molecule has 0 spiro atoms. The SMILES string of the molecule is CCC(=O)CC(C)c1cc(C)c(C)o1. The average molecular weight is 194 g/mol. The number of furan rings is 1. The van der Waals surface area contributed by atoms with Crippen LogP contribution in [0.4, 0.5) is 0 Å². The van der Waals surface area contributed by atoms with Crippen molar-refractivity contribution in [2.45, 2.75) is 46.5 Å². The number of carbonyl (C=O) groups is 1. The van der Waals surface area contributed by atoms with Crippen LogP contribution in [0, 0.1) is 13.8 Å². The summed E-state index contributed by atoms with van der Waals surface area (Å²) in [4.78, 5) is 11.2. The van der Waals surface area contributed by atoms with E-state index in [0.29, 0.717) is 18.6 Å². The van der Waals surface area contributed by atoms with Crippen molar-refractivity contribution >= 4 is 5.78 Å². The zero-order chi connectivity index (χ0) is 10.7. The number of rotatable bonds is 4. The molecule has 1 atom stereocenters. The summed E-state index contributed by atoms with van der Waals surface area (Å²) in [6.07, 6.45) is 1.20. The lowest BCUT2D eigenvalue weighted by Crippen LogP contribution is -2.01. The van der Waals surface area contributed by atoms with Gasteiger partial charge in [0.1, 0.15) is 17.3 Å². The second-order valence-electron chi connectivity index (χ2n) is 3.89. The zero-order valence-electron chi connectivity index (χ0n) is 9.39. The fraction of sp³-hybridized carbons (Fsp3) is 0.583. The molecule has 78 valence electrons. The fourth-order valence-corrected chi connectivity index (χ4v) is 1.43. The maximum absolute atomic E-state index is 11.2. The van der Waals surface area contributed by atoms with Gasteiger partial charge in [0.05, 0.1) is 0 Å². The van der Waals surface area contributed by atoms with E-state index < -0.39 is 0 Å². The standard InChI is InChI=1S/C12H18O2/c1-5-11(13)6-9(3)12-7-8(2)10(4)14-12/h7,9H,5-6H2,1-4H3. The van der Waals surface area contributed by atoms with Crippen LogP contribution in [-0.4, -0.2) is 5.78 Å². The van der Waals surface area contributed by atoms with Gasteiger partial charge in [-0.25, -0.2) is 0 Å². The summed E-state index contributed by atoms with van der Waals surface area (Å²) in [6.45, 7) is 7.91. The lowest BCUT2D eigenvalue weighted by molar-refractivity contribution is -0.119. The van der Waals surface area contributed by atoms with Crippen molar-refractivity contribution in [3.63, 3.8) is 0 Å². The van der Waals surface area contributed by atoms with Crippen molar-refractivity contribution < 1.29 is 9.21 Å². The van der Waals surface area contributed by atoms with Crippen molar-refractivity contribution in [1.29, 1.82) is 0 Å². The van der Waals surface area contributed by atoms with E-state index in [0.717, 1.165) is 17.1 Å². The molecular formula is C12H18O2. The number of hydrogen-bond acceptors (Lipinski definition) is 2. The van der Waals surface area contributed by atoms with Crippen LogP contribution in [0.2, 0.25) is 0 Å². The highest BCUT2D eigenvalue weighted by molar-refractivity contribution is 5.78. The first-order chi connectivity index (χ1) is 6.54. The molecule has 1 heterocycles. The third-order valence-electron chi connectivity index (χ3n) is 2.60. The number of aryl methyl sites for hydroxylation is 2. The van der Waals surface area contributed by atoms with Crippen LogP contribution in [0.3, 0.4) is 0 Å². The van der Waals surface area contributed by atoms with Gasteiger partial charge < -0.3 is 4.42 Å². The van der Waals surface area contributed by atoms with Crippen LogP contribution in [0.1, 0.15) is 49.7 Å². The van der Waals surface area contributed by atoms with Crippen molar-refractivity contribution in [2.75, 3.05) is 0 Å². The highest BCUT2D eigenvalue weighted by Gasteiger charge is 2.14. The maximum atomic E-state index is 11.2. The molecule has 1 unspecified atom stereocenters. The lowest BCUT2D eigenvalue weighted by Gasteiger charge is -2.05. The molecule has 0 aliphatic heterocycles. The predicted molar refractivity (Wildman–Crippen MR) is 56.5 cm³/mol. The monoisotopic (exact) mass is 194 g/mol. The molecule has 14 heavy (non-hydrogen) atoms. The first kappa shape index (κ1) is 11.0. The highest BCUT2D eigenvalue weighted by Crippen LogP contribution is 2.24. The van der Waals surface area contributed by atoms with E-state index in [4.69, 9.17) is 4.42 Å². The van der Waals surface area contributed by atoms with Crippen molar-refractivity contribution in [1.82, 2.24) is 0 Å². The van der Waals surface area contributed by atoms with Gasteiger partial charge >= 0.3 is 0 Å². The van der Waals surface area contributed by atoms with Crippen molar-refractivity contribution in [3.8, 4) is 0 Å². The smallest absolute Gasteiger partial charge is 0.133 e. The molecule has 0 saturated carbocycles. The van der Waals surface area contributed by atoms with Crippen LogP contribution in [0.15, 0.2) is 10.5 Å². The Kier molecular flexibility index (Phi) is 3.50. The Labute approximate surface area is 85.3 Å². The Bertz CT molecular complexity index is 304. The molecule has 2 heteroatoms. The molecule has 0 aliphatic rings. The summed E-state index contributed by atoms with van der Waals surface area (Å²) in [6, 6.07) is 2.03. The molecular weight excluding hydrogens is 176 g/mol. The first-order valence-corrected chi connectivity index (χ1v) is 5.13. The highest BCUT2D eigenvalue weighted by atomic mass is 16.3. The fourth-order valence-electron chi connectivity index (χ4n) is 1.43. The van der Waals surface area contributed by atoms with Gasteiger partial charge in [-0.1, -0.05) is 13.8 Å². The van der Waals surface area contributed by atoms with E-state index in [1.165, 1.54) is 0 Å². The van der Waals surface area contributed by atoms with Crippen LogP contribution in [-0.2, 0) is 4.79 Å². The Morgan fingerprint density at radius 1 is 1.50 bits per heavy atom. The molecule has 0 amide bonds. The van der Waals surface area contributed by atoms with E-state index in [-0.39, 0.29) is 5.92 Å². The molecule has 0 bridgehead atoms. The summed E-state index contributed by atoms with van der Waals surface area (Å²) in [5.74, 6) is 2.39. The zero-order valence-corrected chi connectivity index (χ0v) is 9.39. The summed E-state index contributed by atoms with van der Waals surface area (Å²) < 4.78 is 5.57. The topological polar surface area (TPSA) is 30.2 Å². The second-order valence-corrected chi connectivity index (χ2v) is 3.89. The van der Waals surface area contributed by atoms with Crippen LogP contribution in [0.5, 0.6) is 0 Å². The van der Waals surface area contributed by atoms with Gasteiger partial charge in [-0.05, 0) is 25.5 Å². The molecule has 0 fully saturated rings.